The van der Waals surface area contributed by atoms with Crippen molar-refractivity contribution in [3.63, 3.8) is 0 Å². The molecule has 134 valence electrons. The molecule has 0 fully saturated rings. The van der Waals surface area contributed by atoms with Crippen molar-refractivity contribution in [1.29, 1.82) is 0 Å². The van der Waals surface area contributed by atoms with E-state index in [0.29, 0.717) is 29.7 Å². The Hall–Kier alpha value is -2.71. The zero-order valence-electron chi connectivity index (χ0n) is 13.9. The lowest BCUT2D eigenvalue weighted by atomic mass is 10.0. The number of fused-ring (bicyclic) bond motifs is 2. The molecule has 0 bridgehead atoms. The minimum atomic E-state index is -3.44. The highest BCUT2D eigenvalue weighted by atomic mass is 32.2. The summed E-state index contributed by atoms with van der Waals surface area (Å²) in [4.78, 5) is 20.0. The Balaban J connectivity index is 1.71. The summed E-state index contributed by atoms with van der Waals surface area (Å²) in [6, 6.07) is 7.88. The summed E-state index contributed by atoms with van der Waals surface area (Å²) in [7, 11) is -3.44. The van der Waals surface area contributed by atoms with E-state index in [1.807, 2.05) is 6.07 Å². The summed E-state index contributed by atoms with van der Waals surface area (Å²) in [5.74, 6) is -0.331. The average molecular weight is 370 g/mol. The molecule has 1 aliphatic heterocycles. The van der Waals surface area contributed by atoms with Gasteiger partial charge in [-0.05, 0) is 42.7 Å². The van der Waals surface area contributed by atoms with E-state index in [1.54, 1.807) is 30.6 Å². The Morgan fingerprint density at radius 2 is 2.12 bits per heavy atom. The van der Waals surface area contributed by atoms with Gasteiger partial charge in [-0.15, -0.1) is 0 Å². The highest BCUT2D eigenvalue weighted by molar-refractivity contribution is 7.91. The van der Waals surface area contributed by atoms with Crippen LogP contribution in [0.2, 0.25) is 0 Å². The molecule has 0 aliphatic carbocycles. The predicted molar refractivity (Wildman–Crippen MR) is 98.7 cm³/mol. The van der Waals surface area contributed by atoms with E-state index >= 15 is 0 Å². The highest BCUT2D eigenvalue weighted by Gasteiger charge is 2.27. The van der Waals surface area contributed by atoms with Crippen LogP contribution in [-0.2, 0) is 9.84 Å². The first-order valence-electron chi connectivity index (χ1n) is 8.31. The number of carbonyl (C=O) groups is 1. The highest BCUT2D eigenvalue weighted by Crippen LogP contribution is 2.31. The zero-order valence-corrected chi connectivity index (χ0v) is 14.7. The number of nitrogens with zero attached hydrogens (tertiary/aromatic N) is 1. The third-order valence-electron chi connectivity index (χ3n) is 4.65. The molecule has 1 atom stereocenters. The third-order valence-corrected chi connectivity index (χ3v) is 6.50. The molecule has 0 saturated heterocycles. The summed E-state index contributed by atoms with van der Waals surface area (Å²) >= 11 is 0. The van der Waals surface area contributed by atoms with Crippen molar-refractivity contribution in [1.82, 2.24) is 9.97 Å². The molecular weight excluding hydrogens is 352 g/mol. The fourth-order valence-corrected chi connectivity index (χ4v) is 4.93. The molecule has 4 N–H and O–H groups in total. The van der Waals surface area contributed by atoms with Crippen LogP contribution in [0.4, 0.5) is 5.69 Å². The predicted octanol–water partition coefficient (Wildman–Crippen LogP) is 2.38. The van der Waals surface area contributed by atoms with Gasteiger partial charge in [0, 0.05) is 29.4 Å². The number of aromatic nitrogens is 2. The van der Waals surface area contributed by atoms with Crippen molar-refractivity contribution in [2.75, 3.05) is 11.1 Å². The smallest absolute Gasteiger partial charge is 0.255 e. The fraction of sp³-hybridized carbons (Fsp3) is 0.222. The molecule has 1 aliphatic rings. The number of amides is 1. The first kappa shape index (κ1) is 16.7. The third kappa shape index (κ3) is 2.87. The van der Waals surface area contributed by atoms with Gasteiger partial charge in [0.2, 0.25) is 0 Å². The van der Waals surface area contributed by atoms with Crippen molar-refractivity contribution in [2.45, 2.75) is 23.8 Å². The number of rotatable bonds is 2. The molecule has 2 aromatic heterocycles. The van der Waals surface area contributed by atoms with E-state index in [0.717, 1.165) is 5.39 Å². The molecule has 8 heteroatoms. The maximum Gasteiger partial charge on any atom is 0.255 e. The van der Waals surface area contributed by atoms with E-state index in [9.17, 15) is 13.2 Å². The average Bonchev–Trinajstić information content (AvgIpc) is 3.06. The van der Waals surface area contributed by atoms with Crippen LogP contribution in [0, 0.1) is 0 Å². The molecule has 0 saturated carbocycles. The number of nitrogens with one attached hydrogen (secondary N) is 2. The van der Waals surface area contributed by atoms with Crippen LogP contribution < -0.4 is 11.1 Å². The lowest BCUT2D eigenvalue weighted by molar-refractivity contribution is 0.102. The maximum atomic E-state index is 12.7. The Kier molecular flexibility index (Phi) is 4.01. The van der Waals surface area contributed by atoms with Gasteiger partial charge in [0.15, 0.2) is 9.84 Å². The van der Waals surface area contributed by atoms with Crippen LogP contribution >= 0.6 is 0 Å². The molecular formula is C18H18N4O3S. The van der Waals surface area contributed by atoms with Gasteiger partial charge in [0.1, 0.15) is 5.65 Å². The molecule has 1 aromatic carbocycles. The van der Waals surface area contributed by atoms with Crippen molar-refractivity contribution < 1.29 is 13.2 Å². The van der Waals surface area contributed by atoms with Gasteiger partial charge in [0.05, 0.1) is 16.3 Å². The first-order valence-corrected chi connectivity index (χ1v) is 9.97. The molecule has 1 amide bonds. The Morgan fingerprint density at radius 3 is 2.96 bits per heavy atom. The van der Waals surface area contributed by atoms with Gasteiger partial charge >= 0.3 is 0 Å². The zero-order chi connectivity index (χ0) is 18.3. The number of hydrogen-bond donors (Lipinski definition) is 3. The summed E-state index contributed by atoms with van der Waals surface area (Å²) in [6.07, 6.45) is 4.46. The normalized spacial score (nSPS) is 18.9. The fourth-order valence-electron chi connectivity index (χ4n) is 3.27. The maximum absolute atomic E-state index is 12.7. The summed E-state index contributed by atoms with van der Waals surface area (Å²) in [6.45, 7) is 0. The first-order chi connectivity index (χ1) is 12.5. The Bertz CT molecular complexity index is 1100. The van der Waals surface area contributed by atoms with Crippen LogP contribution in [0.1, 0.15) is 34.8 Å². The van der Waals surface area contributed by atoms with Gasteiger partial charge in [-0.3, -0.25) is 4.79 Å². The Labute approximate surface area is 150 Å². The monoisotopic (exact) mass is 370 g/mol. The number of benzene rings is 1. The van der Waals surface area contributed by atoms with E-state index < -0.39 is 9.84 Å². The minimum absolute atomic E-state index is 0.0487. The summed E-state index contributed by atoms with van der Waals surface area (Å²) < 4.78 is 25.0. The van der Waals surface area contributed by atoms with Crippen LogP contribution in [0.5, 0.6) is 0 Å². The molecule has 3 aromatic rings. The summed E-state index contributed by atoms with van der Waals surface area (Å²) in [5.41, 5.74) is 8.22. The number of aromatic amines is 1. The number of hydrogen-bond acceptors (Lipinski definition) is 5. The number of H-pyrrole nitrogens is 1. The van der Waals surface area contributed by atoms with Gasteiger partial charge in [-0.25, -0.2) is 13.4 Å². The van der Waals surface area contributed by atoms with Gasteiger partial charge < -0.3 is 16.0 Å². The topological polar surface area (TPSA) is 118 Å². The number of pyridine rings is 1. The molecule has 3 heterocycles. The van der Waals surface area contributed by atoms with Gasteiger partial charge in [-0.1, -0.05) is 6.07 Å². The standard InChI is InChI=1S/C18H18N4O3S/c19-14-2-1-9-26(24,25)16-10-11(3-4-12(14)16)18(23)22-15-6-8-21-17-13(15)5-7-20-17/h3-8,10,14H,1-2,9,19H2,(H2,20,21,22,23). The molecule has 0 radical (unpaired) electrons. The lowest BCUT2D eigenvalue weighted by Crippen LogP contribution is -2.16. The molecule has 4 rings (SSSR count). The molecule has 26 heavy (non-hydrogen) atoms. The van der Waals surface area contributed by atoms with Crippen LogP contribution in [0.25, 0.3) is 11.0 Å². The van der Waals surface area contributed by atoms with Crippen LogP contribution in [0.3, 0.4) is 0 Å². The second-order valence-corrected chi connectivity index (χ2v) is 8.45. The van der Waals surface area contributed by atoms with Gasteiger partial charge in [-0.2, -0.15) is 0 Å². The van der Waals surface area contributed by atoms with Crippen molar-refractivity contribution >= 4 is 32.5 Å². The number of nitrogens with two attached hydrogens (primary N) is 1. The number of anilines is 1. The van der Waals surface area contributed by atoms with Crippen molar-refractivity contribution in [3.05, 3.63) is 53.9 Å². The lowest BCUT2D eigenvalue weighted by Gasteiger charge is -2.13. The number of carbonyl (C=O) groups excluding carboxylic acids is 1. The largest absolute Gasteiger partial charge is 0.346 e. The quantitative estimate of drug-likeness (QED) is 0.640. The number of sulfone groups is 1. The van der Waals surface area contributed by atoms with Crippen molar-refractivity contribution in [2.24, 2.45) is 5.73 Å². The van der Waals surface area contributed by atoms with Gasteiger partial charge in [0.25, 0.3) is 5.91 Å². The van der Waals surface area contributed by atoms with E-state index in [-0.39, 0.29) is 28.2 Å². The van der Waals surface area contributed by atoms with Crippen molar-refractivity contribution in [3.8, 4) is 0 Å². The van der Waals surface area contributed by atoms with E-state index in [1.165, 1.54) is 6.07 Å². The SMILES string of the molecule is NC1CCCS(=O)(=O)c2cc(C(=O)Nc3ccnc4[nH]ccc34)ccc21. The second kappa shape index (κ2) is 6.22. The minimum Gasteiger partial charge on any atom is -0.346 e. The second-order valence-electron chi connectivity index (χ2n) is 6.37. The molecule has 0 spiro atoms. The summed E-state index contributed by atoms with van der Waals surface area (Å²) in [5, 5.41) is 3.61. The van der Waals surface area contributed by atoms with Crippen LogP contribution in [0.15, 0.2) is 47.6 Å². The van der Waals surface area contributed by atoms with Crippen LogP contribution in [-0.4, -0.2) is 30.0 Å². The molecule has 7 nitrogen and oxygen atoms in total. The van der Waals surface area contributed by atoms with E-state index in [2.05, 4.69) is 15.3 Å². The Morgan fingerprint density at radius 1 is 1.27 bits per heavy atom. The van der Waals surface area contributed by atoms with E-state index in [4.69, 9.17) is 5.73 Å². The molecule has 1 unspecified atom stereocenters.